The van der Waals surface area contributed by atoms with Crippen molar-refractivity contribution < 1.29 is 0 Å². The van der Waals surface area contributed by atoms with Gasteiger partial charge < -0.3 is 5.32 Å². The molecule has 0 aliphatic heterocycles. The first-order valence-corrected chi connectivity index (χ1v) is 6.10. The molecule has 2 aromatic heterocycles. The molecule has 0 aromatic carbocycles. The second kappa shape index (κ2) is 4.80. The Labute approximate surface area is 103 Å². The Hall–Kier alpha value is -1.14. The standard InChI is InChI=1S/C9H12ClN5S/c1-3-11-9-8(13-14-16-9)5-15-6(2)7(10)4-12-15/h4,11H,3,5H2,1-2H3. The maximum Gasteiger partial charge on any atom is 0.135 e. The molecule has 7 heteroatoms. The number of anilines is 1. The van der Waals surface area contributed by atoms with Crippen molar-refractivity contribution in [2.24, 2.45) is 0 Å². The van der Waals surface area contributed by atoms with Crippen LogP contribution in [0.2, 0.25) is 5.02 Å². The summed E-state index contributed by atoms with van der Waals surface area (Å²) in [4.78, 5) is 0. The predicted octanol–water partition coefficient (Wildman–Crippen LogP) is 2.18. The van der Waals surface area contributed by atoms with Crippen molar-refractivity contribution in [2.75, 3.05) is 11.9 Å². The Balaban J connectivity index is 2.20. The highest BCUT2D eigenvalue weighted by molar-refractivity contribution is 7.10. The van der Waals surface area contributed by atoms with E-state index in [1.165, 1.54) is 11.5 Å². The van der Waals surface area contributed by atoms with Crippen molar-refractivity contribution in [2.45, 2.75) is 20.4 Å². The molecule has 0 aliphatic carbocycles. The number of aromatic nitrogens is 4. The van der Waals surface area contributed by atoms with E-state index in [2.05, 4.69) is 20.0 Å². The summed E-state index contributed by atoms with van der Waals surface area (Å²) in [6.07, 6.45) is 1.64. The third kappa shape index (κ3) is 2.17. The fourth-order valence-electron chi connectivity index (χ4n) is 1.33. The van der Waals surface area contributed by atoms with Gasteiger partial charge in [0.15, 0.2) is 0 Å². The second-order valence-corrected chi connectivity index (χ2v) is 4.48. The molecule has 86 valence electrons. The molecule has 2 rings (SSSR count). The van der Waals surface area contributed by atoms with E-state index >= 15 is 0 Å². The lowest BCUT2D eigenvalue weighted by Gasteiger charge is -2.04. The third-order valence-electron chi connectivity index (χ3n) is 2.24. The summed E-state index contributed by atoms with van der Waals surface area (Å²) in [7, 11) is 0. The number of hydrogen-bond donors (Lipinski definition) is 1. The first-order valence-electron chi connectivity index (χ1n) is 4.95. The zero-order chi connectivity index (χ0) is 11.5. The lowest BCUT2D eigenvalue weighted by Crippen LogP contribution is -2.07. The highest BCUT2D eigenvalue weighted by Gasteiger charge is 2.10. The molecular weight excluding hydrogens is 246 g/mol. The fourth-order valence-corrected chi connectivity index (χ4v) is 2.11. The maximum absolute atomic E-state index is 5.94. The molecule has 0 unspecified atom stereocenters. The van der Waals surface area contributed by atoms with E-state index in [-0.39, 0.29) is 0 Å². The van der Waals surface area contributed by atoms with Gasteiger partial charge >= 0.3 is 0 Å². The van der Waals surface area contributed by atoms with Crippen molar-refractivity contribution >= 4 is 28.1 Å². The largest absolute Gasteiger partial charge is 0.374 e. The lowest BCUT2D eigenvalue weighted by molar-refractivity contribution is 0.651. The van der Waals surface area contributed by atoms with Crippen molar-refractivity contribution in [1.82, 2.24) is 19.4 Å². The van der Waals surface area contributed by atoms with Gasteiger partial charge in [-0.1, -0.05) is 16.1 Å². The van der Waals surface area contributed by atoms with Crippen LogP contribution >= 0.6 is 23.1 Å². The van der Waals surface area contributed by atoms with Gasteiger partial charge in [-0.3, -0.25) is 4.68 Å². The summed E-state index contributed by atoms with van der Waals surface area (Å²) in [6.45, 7) is 5.43. The van der Waals surface area contributed by atoms with Gasteiger partial charge in [-0.2, -0.15) is 5.10 Å². The first kappa shape index (κ1) is 11.3. The third-order valence-corrected chi connectivity index (χ3v) is 3.33. The van der Waals surface area contributed by atoms with Crippen LogP contribution in [0, 0.1) is 6.92 Å². The minimum atomic E-state index is 0.595. The van der Waals surface area contributed by atoms with Crippen LogP contribution in [0.4, 0.5) is 5.00 Å². The molecule has 0 spiro atoms. The molecule has 0 saturated carbocycles. The average Bonchev–Trinajstić information content (AvgIpc) is 2.82. The van der Waals surface area contributed by atoms with Crippen LogP contribution in [0.5, 0.6) is 0 Å². The summed E-state index contributed by atoms with van der Waals surface area (Å²) < 4.78 is 5.75. The Morgan fingerprint density at radius 2 is 2.38 bits per heavy atom. The molecule has 16 heavy (non-hydrogen) atoms. The van der Waals surface area contributed by atoms with Gasteiger partial charge in [-0.15, -0.1) is 5.10 Å². The highest BCUT2D eigenvalue weighted by atomic mass is 35.5. The summed E-state index contributed by atoms with van der Waals surface area (Å²) >= 11 is 7.30. The minimum absolute atomic E-state index is 0.595. The fraction of sp³-hybridized carbons (Fsp3) is 0.444. The Morgan fingerprint density at radius 3 is 3.00 bits per heavy atom. The summed E-state index contributed by atoms with van der Waals surface area (Å²) in [5, 5.41) is 13.2. The van der Waals surface area contributed by atoms with E-state index in [9.17, 15) is 0 Å². The zero-order valence-corrected chi connectivity index (χ0v) is 10.6. The van der Waals surface area contributed by atoms with Crippen molar-refractivity contribution in [3.63, 3.8) is 0 Å². The number of rotatable bonds is 4. The predicted molar refractivity (Wildman–Crippen MR) is 65.1 cm³/mol. The molecule has 0 amide bonds. The van der Waals surface area contributed by atoms with E-state index < -0.39 is 0 Å². The molecule has 0 atom stereocenters. The van der Waals surface area contributed by atoms with Crippen molar-refractivity contribution in [1.29, 1.82) is 0 Å². The van der Waals surface area contributed by atoms with E-state index in [1.807, 2.05) is 18.5 Å². The number of hydrogen-bond acceptors (Lipinski definition) is 5. The molecule has 2 aromatic rings. The number of nitrogens with zero attached hydrogens (tertiary/aromatic N) is 4. The highest BCUT2D eigenvalue weighted by Crippen LogP contribution is 2.20. The van der Waals surface area contributed by atoms with E-state index in [1.54, 1.807) is 6.20 Å². The SMILES string of the molecule is CCNc1snnc1Cn1ncc(Cl)c1C. The first-order chi connectivity index (χ1) is 7.72. The quantitative estimate of drug-likeness (QED) is 0.912. The maximum atomic E-state index is 5.94. The lowest BCUT2D eigenvalue weighted by atomic mass is 10.4. The van der Waals surface area contributed by atoms with Crippen LogP contribution in [0.3, 0.4) is 0 Å². The summed E-state index contributed by atoms with van der Waals surface area (Å²) in [5.41, 5.74) is 1.84. The molecule has 0 aliphatic rings. The van der Waals surface area contributed by atoms with Crippen LogP contribution in [0.15, 0.2) is 6.20 Å². The normalized spacial score (nSPS) is 10.7. The zero-order valence-electron chi connectivity index (χ0n) is 9.07. The van der Waals surface area contributed by atoms with Crippen molar-refractivity contribution in [3.05, 3.63) is 22.6 Å². The van der Waals surface area contributed by atoms with E-state index in [4.69, 9.17) is 11.6 Å². The van der Waals surface area contributed by atoms with Gasteiger partial charge in [-0.25, -0.2) is 0 Å². The van der Waals surface area contributed by atoms with Crippen LogP contribution in [-0.2, 0) is 6.54 Å². The minimum Gasteiger partial charge on any atom is -0.374 e. The molecular formula is C9H12ClN5S. The van der Waals surface area contributed by atoms with Gasteiger partial charge in [0, 0.05) is 18.1 Å². The molecule has 5 nitrogen and oxygen atoms in total. The topological polar surface area (TPSA) is 55.6 Å². The summed E-state index contributed by atoms with van der Waals surface area (Å²) in [5.74, 6) is 0. The average molecular weight is 258 g/mol. The Morgan fingerprint density at radius 1 is 1.56 bits per heavy atom. The molecule has 0 saturated heterocycles. The van der Waals surface area contributed by atoms with Crippen LogP contribution in [0.25, 0.3) is 0 Å². The number of nitrogens with one attached hydrogen (secondary N) is 1. The molecule has 0 fully saturated rings. The molecule has 0 bridgehead atoms. The molecule has 0 radical (unpaired) electrons. The van der Waals surface area contributed by atoms with Crippen LogP contribution in [-0.4, -0.2) is 25.9 Å². The molecule has 2 heterocycles. The van der Waals surface area contributed by atoms with Gasteiger partial charge in [0.05, 0.1) is 23.5 Å². The Bertz CT molecular complexity index is 478. The Kier molecular flexibility index (Phi) is 3.40. The van der Waals surface area contributed by atoms with Crippen molar-refractivity contribution in [3.8, 4) is 0 Å². The molecule has 1 N–H and O–H groups in total. The van der Waals surface area contributed by atoms with Gasteiger partial charge in [0.2, 0.25) is 0 Å². The van der Waals surface area contributed by atoms with Crippen LogP contribution in [0.1, 0.15) is 18.3 Å². The van der Waals surface area contributed by atoms with Gasteiger partial charge in [0.1, 0.15) is 10.7 Å². The number of halogens is 1. The monoisotopic (exact) mass is 257 g/mol. The van der Waals surface area contributed by atoms with Gasteiger partial charge in [-0.05, 0) is 13.8 Å². The second-order valence-electron chi connectivity index (χ2n) is 3.31. The van der Waals surface area contributed by atoms with E-state index in [0.717, 1.165) is 22.9 Å². The summed E-state index contributed by atoms with van der Waals surface area (Å²) in [6, 6.07) is 0. The van der Waals surface area contributed by atoms with E-state index in [0.29, 0.717) is 11.6 Å². The van der Waals surface area contributed by atoms with Crippen LogP contribution < -0.4 is 5.32 Å². The van der Waals surface area contributed by atoms with Gasteiger partial charge in [0.25, 0.3) is 0 Å². The smallest absolute Gasteiger partial charge is 0.135 e.